The minimum absolute atomic E-state index is 0.0578. The van der Waals surface area contributed by atoms with Crippen LogP contribution in [0.25, 0.3) is 55.9 Å². The Morgan fingerprint density at radius 2 is 0.786 bits per heavy atom. The van der Waals surface area contributed by atoms with Crippen molar-refractivity contribution in [3.05, 3.63) is 131 Å². The molecular formula is C36H16N6. The first kappa shape index (κ1) is 24.4. The molecule has 0 saturated carbocycles. The molecule has 4 aromatic carbocycles. The zero-order valence-corrected chi connectivity index (χ0v) is 21.9. The van der Waals surface area contributed by atoms with Gasteiger partial charge in [-0.1, -0.05) is 84.9 Å². The van der Waals surface area contributed by atoms with Crippen molar-refractivity contribution in [2.75, 3.05) is 0 Å². The van der Waals surface area contributed by atoms with E-state index in [9.17, 15) is 21.0 Å². The smallest absolute Gasteiger partial charge is 0.139 e. The van der Waals surface area contributed by atoms with Gasteiger partial charge >= 0.3 is 0 Å². The minimum atomic E-state index is -0.0578. The Morgan fingerprint density at radius 3 is 1.14 bits per heavy atom. The summed E-state index contributed by atoms with van der Waals surface area (Å²) in [6.45, 7) is 0. The summed E-state index contributed by atoms with van der Waals surface area (Å²) in [4.78, 5) is 10.0. The molecule has 0 bridgehead atoms. The van der Waals surface area contributed by atoms with Gasteiger partial charge in [-0.2, -0.15) is 21.0 Å². The molecule has 0 fully saturated rings. The molecule has 6 heteroatoms. The van der Waals surface area contributed by atoms with E-state index >= 15 is 0 Å². The lowest BCUT2D eigenvalue weighted by atomic mass is 9.96. The molecule has 5 aromatic rings. The van der Waals surface area contributed by atoms with Gasteiger partial charge < -0.3 is 0 Å². The van der Waals surface area contributed by atoms with Gasteiger partial charge in [0.1, 0.15) is 46.8 Å². The van der Waals surface area contributed by atoms with E-state index < -0.39 is 0 Å². The zero-order chi connectivity index (χ0) is 28.8. The molecule has 0 aliphatic heterocycles. The van der Waals surface area contributed by atoms with Crippen molar-refractivity contribution >= 4 is 11.1 Å². The van der Waals surface area contributed by atoms with Gasteiger partial charge in [0.2, 0.25) is 0 Å². The van der Waals surface area contributed by atoms with Gasteiger partial charge in [0.15, 0.2) is 0 Å². The van der Waals surface area contributed by atoms with Gasteiger partial charge in [-0.25, -0.2) is 9.97 Å². The Labute approximate surface area is 241 Å². The fraction of sp³-hybridized carbons (Fsp3) is 0. The van der Waals surface area contributed by atoms with Crippen LogP contribution >= 0.6 is 0 Å². The Kier molecular flexibility index (Phi) is 5.56. The molecule has 0 spiro atoms. The van der Waals surface area contributed by atoms with Crippen molar-refractivity contribution in [2.24, 2.45) is 0 Å². The number of nitriles is 4. The molecular weight excluding hydrogens is 516 g/mol. The summed E-state index contributed by atoms with van der Waals surface area (Å²) in [7, 11) is 0. The number of hydrogen-bond acceptors (Lipinski definition) is 6. The van der Waals surface area contributed by atoms with E-state index in [1.165, 1.54) is 0 Å². The molecule has 0 atom stereocenters. The molecule has 190 valence electrons. The van der Waals surface area contributed by atoms with Crippen LogP contribution in [-0.2, 0) is 0 Å². The van der Waals surface area contributed by atoms with Crippen LogP contribution < -0.4 is 0 Å². The molecule has 0 amide bonds. The van der Waals surface area contributed by atoms with E-state index in [-0.39, 0.29) is 11.1 Å². The fourth-order valence-electron chi connectivity index (χ4n) is 5.73. The monoisotopic (exact) mass is 532 g/mol. The summed E-state index contributed by atoms with van der Waals surface area (Å²) in [5, 5.41) is 39.7. The van der Waals surface area contributed by atoms with Gasteiger partial charge in [-0.05, 0) is 45.5 Å². The topological polar surface area (TPSA) is 121 Å². The van der Waals surface area contributed by atoms with Crippen LogP contribution in [0.2, 0.25) is 0 Å². The largest absolute Gasteiger partial charge is 0.243 e. The molecule has 0 N–H and O–H groups in total. The standard InChI is InChI=1S/C36H16N6/c37-17-25(18-38)31-29-15-23(21-7-3-1-4-8-21)11-13-27(29)33-35(31)42-34-28-14-12-24(22-9-5-2-6-10-22)16-30(28)32(36(34)41-33)26(19-39)20-40/h1-16H. The van der Waals surface area contributed by atoms with E-state index in [1.54, 1.807) is 0 Å². The normalized spacial score (nSPS) is 11.6. The van der Waals surface area contributed by atoms with E-state index in [4.69, 9.17) is 9.97 Å². The summed E-state index contributed by atoms with van der Waals surface area (Å²) in [5.74, 6) is 0. The van der Waals surface area contributed by atoms with E-state index in [0.717, 1.165) is 33.4 Å². The van der Waals surface area contributed by atoms with Crippen LogP contribution in [0.5, 0.6) is 0 Å². The molecule has 0 saturated heterocycles. The van der Waals surface area contributed by atoms with Gasteiger partial charge in [-0.15, -0.1) is 0 Å². The molecule has 42 heavy (non-hydrogen) atoms. The fourth-order valence-corrected chi connectivity index (χ4v) is 5.73. The van der Waals surface area contributed by atoms with Crippen LogP contribution in [0.15, 0.2) is 108 Å². The lowest BCUT2D eigenvalue weighted by Crippen LogP contribution is -1.98. The average molecular weight is 533 g/mol. The minimum Gasteiger partial charge on any atom is -0.243 e. The number of hydrogen-bond donors (Lipinski definition) is 0. The highest BCUT2D eigenvalue weighted by molar-refractivity contribution is 6.07. The summed E-state index contributed by atoms with van der Waals surface area (Å²) in [6.07, 6.45) is 0. The van der Waals surface area contributed by atoms with Crippen LogP contribution in [0.1, 0.15) is 22.5 Å². The van der Waals surface area contributed by atoms with E-state index in [1.807, 2.05) is 121 Å². The van der Waals surface area contributed by atoms with Crippen molar-refractivity contribution in [3.63, 3.8) is 0 Å². The predicted octanol–water partition coefficient (Wildman–Crippen LogP) is 7.47. The highest BCUT2D eigenvalue weighted by Crippen LogP contribution is 2.51. The maximum Gasteiger partial charge on any atom is 0.139 e. The molecule has 1 aromatic heterocycles. The summed E-state index contributed by atoms with van der Waals surface area (Å²) >= 11 is 0. The third kappa shape index (κ3) is 3.55. The number of nitrogens with zero attached hydrogens (tertiary/aromatic N) is 6. The SMILES string of the molecule is N#CC(C#N)=C1c2cc(-c3ccccc3)ccc2-c2nc3c(nc21)-c1ccc(-c2ccccc2)cc1C3=C(C#N)C#N. The average Bonchev–Trinajstić information content (AvgIpc) is 3.53. The highest BCUT2D eigenvalue weighted by Gasteiger charge is 2.36. The molecule has 6 nitrogen and oxygen atoms in total. The number of aromatic nitrogens is 2. The van der Waals surface area contributed by atoms with Crippen LogP contribution in [0.3, 0.4) is 0 Å². The van der Waals surface area contributed by atoms with Gasteiger partial charge in [-0.3, -0.25) is 0 Å². The Hall–Kier alpha value is -6.60. The van der Waals surface area contributed by atoms with E-state index in [2.05, 4.69) is 0 Å². The molecule has 7 rings (SSSR count). The second-order valence-corrected chi connectivity index (χ2v) is 9.82. The molecule has 2 aliphatic carbocycles. The first-order chi connectivity index (χ1) is 20.7. The van der Waals surface area contributed by atoms with Crippen molar-refractivity contribution in [3.8, 4) is 69.0 Å². The lowest BCUT2D eigenvalue weighted by Gasteiger charge is -2.07. The number of benzene rings is 4. The number of fused-ring (bicyclic) bond motifs is 6. The summed E-state index contributed by atoms with van der Waals surface area (Å²) in [6, 6.07) is 39.6. The third-order valence-corrected chi connectivity index (χ3v) is 7.62. The first-order valence-corrected chi connectivity index (χ1v) is 13.1. The van der Waals surface area contributed by atoms with Crippen LogP contribution in [0, 0.1) is 45.3 Å². The summed E-state index contributed by atoms with van der Waals surface area (Å²) in [5.41, 5.74) is 9.31. The molecule has 0 unspecified atom stereocenters. The quantitative estimate of drug-likeness (QED) is 0.213. The maximum absolute atomic E-state index is 9.93. The highest BCUT2D eigenvalue weighted by atomic mass is 14.9. The second kappa shape index (κ2) is 9.55. The van der Waals surface area contributed by atoms with E-state index in [0.29, 0.717) is 45.0 Å². The van der Waals surface area contributed by atoms with Crippen molar-refractivity contribution in [1.29, 1.82) is 21.0 Å². The van der Waals surface area contributed by atoms with Crippen LogP contribution in [0.4, 0.5) is 0 Å². The predicted molar refractivity (Wildman–Crippen MR) is 158 cm³/mol. The van der Waals surface area contributed by atoms with Gasteiger partial charge in [0.25, 0.3) is 0 Å². The summed E-state index contributed by atoms with van der Waals surface area (Å²) < 4.78 is 0. The maximum atomic E-state index is 9.93. The van der Waals surface area contributed by atoms with Crippen molar-refractivity contribution < 1.29 is 0 Å². The second-order valence-electron chi connectivity index (χ2n) is 9.82. The number of allylic oxidation sites excluding steroid dienone is 2. The Bertz CT molecular complexity index is 2020. The molecule has 1 heterocycles. The Morgan fingerprint density at radius 1 is 0.405 bits per heavy atom. The van der Waals surface area contributed by atoms with Crippen molar-refractivity contribution in [1.82, 2.24) is 9.97 Å². The molecule has 2 aliphatic rings. The lowest BCUT2D eigenvalue weighted by molar-refractivity contribution is 1.18. The third-order valence-electron chi connectivity index (χ3n) is 7.62. The van der Waals surface area contributed by atoms with Crippen LogP contribution in [-0.4, -0.2) is 9.97 Å². The van der Waals surface area contributed by atoms with Crippen molar-refractivity contribution in [2.45, 2.75) is 0 Å². The van der Waals surface area contributed by atoms with Gasteiger partial charge in [0.05, 0.1) is 11.4 Å². The Balaban J connectivity index is 1.51. The van der Waals surface area contributed by atoms with Gasteiger partial charge in [0, 0.05) is 22.3 Å². The number of rotatable bonds is 2. The first-order valence-electron chi connectivity index (χ1n) is 13.1. The molecule has 0 radical (unpaired) electrons. The zero-order valence-electron chi connectivity index (χ0n) is 21.9.